The van der Waals surface area contributed by atoms with Crippen LogP contribution in [0.15, 0.2) is 36.4 Å². The lowest BCUT2D eigenvalue weighted by Crippen LogP contribution is -2.40. The van der Waals surface area contributed by atoms with E-state index in [-0.39, 0.29) is 12.5 Å². The number of aromatic nitrogens is 1. The number of benzene rings is 2. The molecule has 0 atom stereocenters. The lowest BCUT2D eigenvalue weighted by Gasteiger charge is -2.27. The molecule has 6 nitrogen and oxygen atoms in total. The van der Waals surface area contributed by atoms with Crippen molar-refractivity contribution in [3.8, 4) is 5.75 Å². The number of nitrogens with zero attached hydrogens (tertiary/aromatic N) is 3. The van der Waals surface area contributed by atoms with Crippen LogP contribution in [0.4, 0.5) is 5.13 Å². The number of morpholine rings is 1. The Morgan fingerprint density at radius 3 is 2.72 bits per heavy atom. The van der Waals surface area contributed by atoms with Gasteiger partial charge in [0.25, 0.3) is 5.91 Å². The molecule has 0 spiro atoms. The van der Waals surface area contributed by atoms with Crippen molar-refractivity contribution in [1.29, 1.82) is 0 Å². The number of carbonyl (C=O) groups excluding carboxylic acids is 1. The van der Waals surface area contributed by atoms with Gasteiger partial charge in [0.05, 0.1) is 23.4 Å². The van der Waals surface area contributed by atoms with Crippen LogP contribution in [0.1, 0.15) is 23.1 Å². The summed E-state index contributed by atoms with van der Waals surface area (Å²) in [5, 5.41) is 0.741. The minimum absolute atomic E-state index is 0.00497. The van der Waals surface area contributed by atoms with Gasteiger partial charge in [0.2, 0.25) is 0 Å². The fourth-order valence-corrected chi connectivity index (χ4v) is 4.90. The lowest BCUT2D eigenvalue weighted by atomic mass is 10.1. The molecule has 1 aliphatic heterocycles. The minimum Gasteiger partial charge on any atom is -0.484 e. The van der Waals surface area contributed by atoms with Crippen LogP contribution in [0, 0.1) is 20.8 Å². The van der Waals surface area contributed by atoms with Crippen LogP contribution in [0.25, 0.3) is 10.2 Å². The van der Waals surface area contributed by atoms with Gasteiger partial charge in [0.1, 0.15) is 5.75 Å². The van der Waals surface area contributed by atoms with Crippen LogP contribution in [0.5, 0.6) is 5.75 Å². The van der Waals surface area contributed by atoms with Crippen molar-refractivity contribution < 1.29 is 14.3 Å². The van der Waals surface area contributed by atoms with Gasteiger partial charge in [0, 0.05) is 26.2 Å². The number of hydrogen-bond acceptors (Lipinski definition) is 6. The predicted octanol–water partition coefficient (Wildman–Crippen LogP) is 4.36. The van der Waals surface area contributed by atoms with Crippen molar-refractivity contribution in [2.45, 2.75) is 27.2 Å². The largest absolute Gasteiger partial charge is 0.484 e. The molecule has 0 aliphatic carbocycles. The summed E-state index contributed by atoms with van der Waals surface area (Å²) in [5.41, 5.74) is 4.50. The molecule has 0 radical (unpaired) electrons. The Hall–Kier alpha value is -2.48. The maximum atomic E-state index is 13.2. The number of hydrogen-bond donors (Lipinski definition) is 0. The molecule has 7 heteroatoms. The molecule has 1 saturated heterocycles. The Labute approximate surface area is 193 Å². The summed E-state index contributed by atoms with van der Waals surface area (Å²) in [6.45, 7) is 11.2. The topological polar surface area (TPSA) is 54.9 Å². The third kappa shape index (κ3) is 5.65. The molecule has 0 unspecified atom stereocenters. The molecular weight excluding hydrogens is 422 g/mol. The Kier molecular flexibility index (Phi) is 7.40. The van der Waals surface area contributed by atoms with E-state index < -0.39 is 0 Å². The first-order valence-corrected chi connectivity index (χ1v) is 12.0. The van der Waals surface area contributed by atoms with E-state index in [4.69, 9.17) is 14.5 Å². The van der Waals surface area contributed by atoms with E-state index in [2.05, 4.69) is 30.9 Å². The van der Waals surface area contributed by atoms with E-state index in [9.17, 15) is 4.79 Å². The second kappa shape index (κ2) is 10.4. The van der Waals surface area contributed by atoms with Crippen molar-refractivity contribution in [2.24, 2.45) is 0 Å². The first kappa shape index (κ1) is 22.7. The third-order valence-electron chi connectivity index (χ3n) is 5.84. The van der Waals surface area contributed by atoms with Crippen molar-refractivity contribution in [2.75, 3.05) is 50.9 Å². The van der Waals surface area contributed by atoms with Crippen molar-refractivity contribution >= 4 is 32.6 Å². The number of anilines is 1. The zero-order valence-corrected chi connectivity index (χ0v) is 19.9. The zero-order chi connectivity index (χ0) is 22.5. The summed E-state index contributed by atoms with van der Waals surface area (Å²) in [6, 6.07) is 12.0. The first-order chi connectivity index (χ1) is 15.5. The van der Waals surface area contributed by atoms with Crippen molar-refractivity contribution in [3.63, 3.8) is 0 Å². The highest BCUT2D eigenvalue weighted by Gasteiger charge is 2.21. The van der Waals surface area contributed by atoms with E-state index in [1.165, 1.54) is 11.1 Å². The van der Waals surface area contributed by atoms with Crippen LogP contribution in [-0.4, -0.2) is 61.8 Å². The highest BCUT2D eigenvalue weighted by Crippen LogP contribution is 2.31. The van der Waals surface area contributed by atoms with E-state index in [0.717, 1.165) is 60.2 Å². The molecule has 170 valence electrons. The molecule has 2 heterocycles. The number of aryl methyl sites for hydroxylation is 3. The van der Waals surface area contributed by atoms with Gasteiger partial charge >= 0.3 is 0 Å². The number of amides is 1. The number of carbonyl (C=O) groups is 1. The fraction of sp³-hybridized carbons (Fsp3) is 0.440. The third-order valence-corrected chi connectivity index (χ3v) is 6.88. The van der Waals surface area contributed by atoms with Crippen molar-refractivity contribution in [3.05, 3.63) is 53.1 Å². The average molecular weight is 454 g/mol. The zero-order valence-electron chi connectivity index (χ0n) is 19.1. The van der Waals surface area contributed by atoms with E-state index in [1.807, 2.05) is 31.2 Å². The summed E-state index contributed by atoms with van der Waals surface area (Å²) >= 11 is 1.57. The lowest BCUT2D eigenvalue weighted by molar-refractivity contribution is -0.120. The number of rotatable bonds is 8. The van der Waals surface area contributed by atoms with E-state index in [1.54, 1.807) is 16.2 Å². The number of ether oxygens (including phenoxy) is 2. The van der Waals surface area contributed by atoms with Gasteiger partial charge in [-0.25, -0.2) is 4.98 Å². The molecule has 1 aromatic heterocycles. The molecule has 2 aromatic carbocycles. The smallest absolute Gasteiger partial charge is 0.266 e. The Bertz CT molecular complexity index is 1040. The standard InChI is InChI=1S/C25H31N3O3S/c1-18-6-4-7-21(14-18)31-17-24(29)28(9-5-8-27-10-12-30-13-11-27)25-26-22-15-19(2)20(3)16-23(22)32-25/h4,6-7,14-16H,5,8-13,17H2,1-3H3. The quantitative estimate of drug-likeness (QED) is 0.507. The molecule has 1 amide bonds. The van der Waals surface area contributed by atoms with Crippen molar-refractivity contribution in [1.82, 2.24) is 9.88 Å². The normalized spacial score (nSPS) is 14.6. The number of thiazole rings is 1. The van der Waals surface area contributed by atoms with Gasteiger partial charge in [-0.05, 0) is 68.1 Å². The minimum atomic E-state index is -0.0685. The first-order valence-electron chi connectivity index (χ1n) is 11.2. The van der Waals surface area contributed by atoms with Crippen LogP contribution in [0.2, 0.25) is 0 Å². The van der Waals surface area contributed by atoms with Gasteiger partial charge in [-0.15, -0.1) is 0 Å². The maximum absolute atomic E-state index is 13.2. The van der Waals surface area contributed by atoms with Gasteiger partial charge in [-0.3, -0.25) is 14.6 Å². The molecule has 4 rings (SSSR count). The van der Waals surface area contributed by atoms with Crippen LogP contribution >= 0.6 is 11.3 Å². The fourth-order valence-electron chi connectivity index (χ4n) is 3.82. The van der Waals surface area contributed by atoms with Gasteiger partial charge in [-0.1, -0.05) is 23.5 Å². The Morgan fingerprint density at radius 1 is 1.16 bits per heavy atom. The SMILES string of the molecule is Cc1cccc(OCC(=O)N(CCCN2CCOCC2)c2nc3cc(C)c(C)cc3s2)c1. The molecule has 1 fully saturated rings. The van der Waals surface area contributed by atoms with E-state index >= 15 is 0 Å². The predicted molar refractivity (Wildman–Crippen MR) is 130 cm³/mol. The molecule has 0 saturated carbocycles. The summed E-state index contributed by atoms with van der Waals surface area (Å²) in [4.78, 5) is 22.2. The van der Waals surface area contributed by atoms with Gasteiger partial charge < -0.3 is 9.47 Å². The highest BCUT2D eigenvalue weighted by atomic mass is 32.1. The summed E-state index contributed by atoms with van der Waals surface area (Å²) in [5.74, 6) is 0.642. The highest BCUT2D eigenvalue weighted by molar-refractivity contribution is 7.22. The van der Waals surface area contributed by atoms with Gasteiger partial charge in [0.15, 0.2) is 11.7 Å². The summed E-state index contributed by atoms with van der Waals surface area (Å²) in [7, 11) is 0. The summed E-state index contributed by atoms with van der Waals surface area (Å²) in [6.07, 6.45) is 0.879. The molecule has 0 N–H and O–H groups in total. The summed E-state index contributed by atoms with van der Waals surface area (Å²) < 4.78 is 12.4. The van der Waals surface area contributed by atoms with Crippen LogP contribution in [0.3, 0.4) is 0 Å². The molecule has 32 heavy (non-hydrogen) atoms. The van der Waals surface area contributed by atoms with Gasteiger partial charge in [-0.2, -0.15) is 0 Å². The molecule has 1 aliphatic rings. The van der Waals surface area contributed by atoms with Crippen LogP contribution < -0.4 is 9.64 Å². The monoisotopic (exact) mass is 453 g/mol. The Morgan fingerprint density at radius 2 is 1.94 bits per heavy atom. The second-order valence-corrected chi connectivity index (χ2v) is 9.37. The second-order valence-electron chi connectivity index (χ2n) is 8.36. The molecular formula is C25H31N3O3S. The molecule has 3 aromatic rings. The number of fused-ring (bicyclic) bond motifs is 1. The molecule has 0 bridgehead atoms. The average Bonchev–Trinajstić information content (AvgIpc) is 3.18. The van der Waals surface area contributed by atoms with Crippen LogP contribution in [-0.2, 0) is 9.53 Å². The maximum Gasteiger partial charge on any atom is 0.266 e. The Balaban J connectivity index is 1.49. The van der Waals surface area contributed by atoms with E-state index in [0.29, 0.717) is 12.3 Å².